The lowest BCUT2D eigenvalue weighted by Gasteiger charge is -2.13. The molecule has 0 aromatic rings. The number of amides is 3. The second kappa shape index (κ2) is 9.17. The highest BCUT2D eigenvalue weighted by Gasteiger charge is 2.30. The maximum atomic E-state index is 11.5. The van der Waals surface area contributed by atoms with E-state index in [1.54, 1.807) is 0 Å². The van der Waals surface area contributed by atoms with Gasteiger partial charge < -0.3 is 25.8 Å². The molecule has 2 unspecified atom stereocenters. The minimum atomic E-state index is -0.972. The van der Waals surface area contributed by atoms with Crippen LogP contribution in [0.15, 0.2) is 0 Å². The smallest absolute Gasteiger partial charge is 0.332 e. The molecule has 1 fully saturated rings. The highest BCUT2D eigenvalue weighted by Crippen LogP contribution is 2.18. The predicted octanol–water partition coefficient (Wildman–Crippen LogP) is -0.166. The van der Waals surface area contributed by atoms with Gasteiger partial charge in [-0.05, 0) is 19.3 Å². The molecule has 1 rings (SSSR count). The summed E-state index contributed by atoms with van der Waals surface area (Å²) in [6.07, 6.45) is 1.12. The largest absolute Gasteiger partial charge is 0.479 e. The summed E-state index contributed by atoms with van der Waals surface area (Å²) in [5, 5.41) is 16.7. The van der Waals surface area contributed by atoms with Crippen LogP contribution in [-0.4, -0.2) is 54.9 Å². The van der Waals surface area contributed by atoms with Crippen LogP contribution in [0.5, 0.6) is 0 Å². The van der Waals surface area contributed by atoms with Gasteiger partial charge in [-0.15, -0.1) is 0 Å². The number of rotatable bonds is 8. The van der Waals surface area contributed by atoms with E-state index in [1.807, 2.05) is 6.92 Å². The molecule has 8 nitrogen and oxygen atoms in total. The van der Waals surface area contributed by atoms with E-state index in [4.69, 9.17) is 9.84 Å². The van der Waals surface area contributed by atoms with Gasteiger partial charge in [-0.3, -0.25) is 4.79 Å². The number of carbonyl (C=O) groups excluding carboxylic acids is 2. The molecule has 0 aromatic carbocycles. The molecule has 1 saturated heterocycles. The molecular formula is C13H23N3O5. The average molecular weight is 301 g/mol. The van der Waals surface area contributed by atoms with Gasteiger partial charge in [-0.2, -0.15) is 0 Å². The number of hydrogen-bond donors (Lipinski definition) is 4. The summed E-state index contributed by atoms with van der Waals surface area (Å²) in [6.45, 7) is 3.11. The van der Waals surface area contributed by atoms with Gasteiger partial charge in [0.25, 0.3) is 0 Å². The van der Waals surface area contributed by atoms with Crippen LogP contribution in [0.25, 0.3) is 0 Å². The highest BCUT2D eigenvalue weighted by atomic mass is 16.5. The fourth-order valence-electron chi connectivity index (χ4n) is 1.95. The first-order valence-corrected chi connectivity index (χ1v) is 7.19. The summed E-state index contributed by atoms with van der Waals surface area (Å²) in [5.74, 6) is -1.07. The molecule has 21 heavy (non-hydrogen) atoms. The van der Waals surface area contributed by atoms with Crippen molar-refractivity contribution in [3.63, 3.8) is 0 Å². The van der Waals surface area contributed by atoms with Crippen LogP contribution < -0.4 is 16.0 Å². The normalized spacial score (nSPS) is 20.8. The number of ether oxygens (including phenoxy) is 1. The molecule has 0 spiro atoms. The monoisotopic (exact) mass is 301 g/mol. The molecule has 2 atom stereocenters. The van der Waals surface area contributed by atoms with Crippen LogP contribution in [0.2, 0.25) is 0 Å². The lowest BCUT2D eigenvalue weighted by Crippen LogP contribution is -2.41. The number of carboxylic acid groups (broad SMARTS) is 1. The number of hydrogen-bond acceptors (Lipinski definition) is 4. The first-order valence-electron chi connectivity index (χ1n) is 7.19. The van der Waals surface area contributed by atoms with E-state index in [9.17, 15) is 14.4 Å². The molecule has 0 bridgehead atoms. The van der Waals surface area contributed by atoms with Crippen molar-refractivity contribution in [1.82, 2.24) is 16.0 Å². The van der Waals surface area contributed by atoms with Crippen LogP contribution in [0.1, 0.15) is 32.6 Å². The van der Waals surface area contributed by atoms with Crippen LogP contribution in [0.3, 0.4) is 0 Å². The van der Waals surface area contributed by atoms with Gasteiger partial charge in [0.15, 0.2) is 6.10 Å². The van der Waals surface area contributed by atoms with Gasteiger partial charge in [0, 0.05) is 26.1 Å². The minimum Gasteiger partial charge on any atom is -0.479 e. The molecule has 0 saturated carbocycles. The Morgan fingerprint density at radius 1 is 1.14 bits per heavy atom. The van der Waals surface area contributed by atoms with E-state index < -0.39 is 12.1 Å². The van der Waals surface area contributed by atoms with Gasteiger partial charge in [-0.1, -0.05) is 6.92 Å². The molecule has 0 aliphatic carbocycles. The van der Waals surface area contributed by atoms with Crippen molar-refractivity contribution in [1.29, 1.82) is 0 Å². The molecule has 3 amide bonds. The van der Waals surface area contributed by atoms with E-state index in [1.165, 1.54) is 0 Å². The zero-order valence-corrected chi connectivity index (χ0v) is 12.2. The molecule has 1 heterocycles. The van der Waals surface area contributed by atoms with Crippen molar-refractivity contribution in [3.05, 3.63) is 0 Å². The Labute approximate surface area is 123 Å². The third-order valence-corrected chi connectivity index (χ3v) is 3.08. The molecule has 120 valence electrons. The summed E-state index contributed by atoms with van der Waals surface area (Å²) in [7, 11) is 0. The van der Waals surface area contributed by atoms with Gasteiger partial charge in [0.1, 0.15) is 0 Å². The molecular weight excluding hydrogens is 278 g/mol. The van der Waals surface area contributed by atoms with Crippen molar-refractivity contribution in [2.45, 2.75) is 44.8 Å². The zero-order valence-electron chi connectivity index (χ0n) is 12.2. The van der Waals surface area contributed by atoms with Gasteiger partial charge in [0.2, 0.25) is 5.91 Å². The van der Waals surface area contributed by atoms with E-state index in [2.05, 4.69) is 16.0 Å². The van der Waals surface area contributed by atoms with Crippen LogP contribution in [-0.2, 0) is 14.3 Å². The quantitative estimate of drug-likeness (QED) is 0.497. The minimum absolute atomic E-state index is 0.0967. The maximum Gasteiger partial charge on any atom is 0.332 e. The second-order valence-electron chi connectivity index (χ2n) is 4.90. The van der Waals surface area contributed by atoms with Crippen molar-refractivity contribution >= 4 is 17.9 Å². The van der Waals surface area contributed by atoms with E-state index in [0.717, 1.165) is 6.42 Å². The zero-order chi connectivity index (χ0) is 15.7. The topological polar surface area (TPSA) is 117 Å². The van der Waals surface area contributed by atoms with E-state index in [-0.39, 0.29) is 37.6 Å². The fourth-order valence-corrected chi connectivity index (χ4v) is 1.95. The van der Waals surface area contributed by atoms with Crippen LogP contribution in [0, 0.1) is 0 Å². The van der Waals surface area contributed by atoms with Gasteiger partial charge >= 0.3 is 12.0 Å². The SMILES string of the molecule is CCCNC(=O)CCNC(=O)NCC1CCC(C(=O)O)O1. The highest BCUT2D eigenvalue weighted by molar-refractivity contribution is 5.78. The van der Waals surface area contributed by atoms with E-state index >= 15 is 0 Å². The van der Waals surface area contributed by atoms with E-state index in [0.29, 0.717) is 19.4 Å². The molecule has 0 aromatic heterocycles. The fraction of sp³-hybridized carbons (Fsp3) is 0.769. The molecule has 8 heteroatoms. The Bertz CT molecular complexity index is 375. The summed E-state index contributed by atoms with van der Waals surface area (Å²) in [6, 6.07) is -0.388. The Balaban J connectivity index is 2.07. The lowest BCUT2D eigenvalue weighted by atomic mass is 10.2. The lowest BCUT2D eigenvalue weighted by molar-refractivity contribution is -0.149. The number of nitrogens with one attached hydrogen (secondary N) is 3. The molecule has 1 aliphatic heterocycles. The first kappa shape index (κ1) is 17.2. The van der Waals surface area contributed by atoms with Crippen molar-refractivity contribution in [2.75, 3.05) is 19.6 Å². The maximum absolute atomic E-state index is 11.5. The second-order valence-corrected chi connectivity index (χ2v) is 4.90. The van der Waals surface area contributed by atoms with Gasteiger partial charge in [-0.25, -0.2) is 9.59 Å². The number of aliphatic carboxylic acids is 1. The third kappa shape index (κ3) is 6.94. The van der Waals surface area contributed by atoms with Crippen LogP contribution >= 0.6 is 0 Å². The summed E-state index contributed by atoms with van der Waals surface area (Å²) in [5.41, 5.74) is 0. The standard InChI is InChI=1S/C13H23N3O5/c1-2-6-14-11(17)5-7-15-13(20)16-8-9-3-4-10(21-9)12(18)19/h9-10H,2-8H2,1H3,(H,14,17)(H,18,19)(H2,15,16,20). The third-order valence-electron chi connectivity index (χ3n) is 3.08. The van der Waals surface area contributed by atoms with Crippen molar-refractivity contribution in [3.8, 4) is 0 Å². The average Bonchev–Trinajstić information content (AvgIpc) is 2.92. The first-order chi connectivity index (χ1) is 10.0. The van der Waals surface area contributed by atoms with Crippen molar-refractivity contribution in [2.24, 2.45) is 0 Å². The summed E-state index contributed by atoms with van der Waals surface area (Å²) in [4.78, 5) is 33.5. The van der Waals surface area contributed by atoms with Crippen molar-refractivity contribution < 1.29 is 24.2 Å². The molecule has 1 aliphatic rings. The Hall–Kier alpha value is -1.83. The molecule has 0 radical (unpaired) electrons. The Morgan fingerprint density at radius 3 is 2.52 bits per heavy atom. The number of carbonyl (C=O) groups is 3. The summed E-state index contributed by atoms with van der Waals surface area (Å²) < 4.78 is 5.25. The Kier molecular flexibility index (Phi) is 7.52. The predicted molar refractivity (Wildman–Crippen MR) is 74.8 cm³/mol. The number of carboxylic acids is 1. The summed E-state index contributed by atoms with van der Waals surface area (Å²) >= 11 is 0. The van der Waals surface area contributed by atoms with Gasteiger partial charge in [0.05, 0.1) is 6.10 Å². The number of urea groups is 1. The Morgan fingerprint density at radius 2 is 1.90 bits per heavy atom. The molecule has 4 N–H and O–H groups in total. The van der Waals surface area contributed by atoms with Crippen LogP contribution in [0.4, 0.5) is 4.79 Å².